The van der Waals surface area contributed by atoms with Crippen LogP contribution in [0.1, 0.15) is 27.2 Å². The van der Waals surface area contributed by atoms with Gasteiger partial charge in [0.1, 0.15) is 6.04 Å². The molecule has 0 radical (unpaired) electrons. The highest BCUT2D eigenvalue weighted by molar-refractivity contribution is 5.85. The molecule has 1 heterocycles. The third kappa shape index (κ3) is 2.45. The molecule has 80 valence electrons. The van der Waals surface area contributed by atoms with Crippen LogP contribution in [0.25, 0.3) is 0 Å². The third-order valence-electron chi connectivity index (χ3n) is 2.23. The van der Waals surface area contributed by atoms with E-state index in [-0.39, 0.29) is 23.9 Å². The van der Waals surface area contributed by atoms with Gasteiger partial charge in [-0.15, -0.1) is 0 Å². The molecule has 0 aromatic heterocycles. The van der Waals surface area contributed by atoms with Gasteiger partial charge in [-0.2, -0.15) is 0 Å². The first kappa shape index (κ1) is 11.0. The lowest BCUT2D eigenvalue weighted by Gasteiger charge is -2.37. The third-order valence-corrected chi connectivity index (χ3v) is 2.23. The number of hydrogen-bond acceptors (Lipinski definition) is 3. The maximum Gasteiger partial charge on any atom is 0.321 e. The summed E-state index contributed by atoms with van der Waals surface area (Å²) in [5.41, 5.74) is -0.191. The molecule has 1 aliphatic heterocycles. The van der Waals surface area contributed by atoms with E-state index < -0.39 is 12.0 Å². The van der Waals surface area contributed by atoms with Gasteiger partial charge in [0.15, 0.2) is 0 Å². The van der Waals surface area contributed by atoms with Crippen molar-refractivity contribution >= 4 is 11.9 Å². The highest BCUT2D eigenvalue weighted by Crippen LogP contribution is 2.20. The smallest absolute Gasteiger partial charge is 0.321 e. The molecule has 1 amide bonds. The van der Waals surface area contributed by atoms with E-state index in [4.69, 9.17) is 5.11 Å². The topological polar surface area (TPSA) is 78.4 Å². The number of rotatable bonds is 1. The number of hydrogen-bond donors (Lipinski definition) is 3. The highest BCUT2D eigenvalue weighted by Gasteiger charge is 2.36. The summed E-state index contributed by atoms with van der Waals surface area (Å²) in [6.07, 6.45) is -0.285. The summed E-state index contributed by atoms with van der Waals surface area (Å²) in [5, 5.41) is 14.4. The van der Waals surface area contributed by atoms with Gasteiger partial charge in [0.05, 0.1) is 12.6 Å². The molecule has 0 aromatic carbocycles. The van der Waals surface area contributed by atoms with Crippen molar-refractivity contribution in [1.29, 1.82) is 0 Å². The van der Waals surface area contributed by atoms with Gasteiger partial charge in [-0.3, -0.25) is 14.9 Å². The van der Waals surface area contributed by atoms with Gasteiger partial charge in [-0.05, 0) is 5.41 Å². The fourth-order valence-electron chi connectivity index (χ4n) is 1.33. The van der Waals surface area contributed by atoms with Crippen molar-refractivity contribution in [3.05, 3.63) is 0 Å². The fraction of sp³-hybridized carbons (Fsp3) is 0.778. The molecule has 1 saturated heterocycles. The molecule has 5 nitrogen and oxygen atoms in total. The van der Waals surface area contributed by atoms with Crippen LogP contribution < -0.4 is 10.6 Å². The van der Waals surface area contributed by atoms with Crippen molar-refractivity contribution in [2.24, 2.45) is 5.41 Å². The van der Waals surface area contributed by atoms with Gasteiger partial charge in [-0.25, -0.2) is 0 Å². The molecular weight excluding hydrogens is 184 g/mol. The Balaban J connectivity index is 2.73. The van der Waals surface area contributed by atoms with E-state index in [1.165, 1.54) is 0 Å². The summed E-state index contributed by atoms with van der Waals surface area (Å²) in [6.45, 7) is 5.82. The molecule has 14 heavy (non-hydrogen) atoms. The second-order valence-corrected chi connectivity index (χ2v) is 4.63. The van der Waals surface area contributed by atoms with Gasteiger partial charge in [0.25, 0.3) is 0 Å². The zero-order valence-corrected chi connectivity index (χ0v) is 8.63. The fourth-order valence-corrected chi connectivity index (χ4v) is 1.33. The molecule has 1 aliphatic rings. The van der Waals surface area contributed by atoms with Crippen LogP contribution in [-0.4, -0.2) is 29.2 Å². The number of nitrogens with one attached hydrogen (secondary N) is 2. The number of carbonyl (C=O) groups excluding carboxylic acids is 1. The zero-order valence-electron chi connectivity index (χ0n) is 8.63. The SMILES string of the molecule is CC(C)(C)C1NC(=O)C[C@@H](C(=O)O)N1. The Labute approximate surface area is 82.9 Å². The van der Waals surface area contributed by atoms with E-state index in [2.05, 4.69) is 10.6 Å². The lowest BCUT2D eigenvalue weighted by Crippen LogP contribution is -2.63. The summed E-state index contributed by atoms with van der Waals surface area (Å²) in [4.78, 5) is 22.0. The summed E-state index contributed by atoms with van der Waals surface area (Å²) in [5.74, 6) is -1.19. The summed E-state index contributed by atoms with van der Waals surface area (Å²) < 4.78 is 0. The predicted molar refractivity (Wildman–Crippen MR) is 50.6 cm³/mol. The maximum absolute atomic E-state index is 11.2. The van der Waals surface area contributed by atoms with Gasteiger partial charge in [-0.1, -0.05) is 20.8 Å². The lowest BCUT2D eigenvalue weighted by atomic mass is 9.90. The molecule has 5 heteroatoms. The molecular formula is C9H16N2O3. The second kappa shape index (κ2) is 3.57. The van der Waals surface area contributed by atoms with Gasteiger partial charge in [0, 0.05) is 0 Å². The number of carbonyl (C=O) groups is 2. The van der Waals surface area contributed by atoms with Gasteiger partial charge < -0.3 is 10.4 Å². The zero-order chi connectivity index (χ0) is 10.9. The van der Waals surface area contributed by atoms with Crippen molar-refractivity contribution in [3.63, 3.8) is 0 Å². The summed E-state index contributed by atoms with van der Waals surface area (Å²) in [7, 11) is 0. The molecule has 0 aliphatic carbocycles. The van der Waals surface area contributed by atoms with Crippen LogP contribution >= 0.6 is 0 Å². The largest absolute Gasteiger partial charge is 0.480 e. The maximum atomic E-state index is 11.2. The molecule has 1 fully saturated rings. The molecule has 0 spiro atoms. The van der Waals surface area contributed by atoms with Crippen LogP contribution in [0.2, 0.25) is 0 Å². The standard InChI is InChI=1S/C9H16N2O3/c1-9(2,3)8-10-5(7(13)14)4-6(12)11-8/h5,8,10H,4H2,1-3H3,(H,11,12)(H,13,14)/t5-,8?/m0/s1. The Morgan fingerprint density at radius 2 is 2.07 bits per heavy atom. The molecule has 0 bridgehead atoms. The normalized spacial score (nSPS) is 28.4. The number of carboxylic acids is 1. The summed E-state index contributed by atoms with van der Waals surface area (Å²) in [6, 6.07) is -0.770. The van der Waals surface area contributed by atoms with E-state index in [9.17, 15) is 9.59 Å². The Hall–Kier alpha value is -1.10. The quantitative estimate of drug-likeness (QED) is 0.553. The first-order valence-electron chi connectivity index (χ1n) is 4.59. The Bertz CT molecular complexity index is 257. The van der Waals surface area contributed by atoms with Crippen LogP contribution in [0.15, 0.2) is 0 Å². The Morgan fingerprint density at radius 1 is 1.50 bits per heavy atom. The van der Waals surface area contributed by atoms with E-state index in [1.807, 2.05) is 20.8 Å². The molecule has 0 saturated carbocycles. The van der Waals surface area contributed by atoms with Crippen LogP contribution in [0, 0.1) is 5.41 Å². The van der Waals surface area contributed by atoms with Crippen molar-refractivity contribution in [2.45, 2.75) is 39.4 Å². The first-order chi connectivity index (χ1) is 6.30. The molecule has 1 unspecified atom stereocenters. The Kier molecular flexibility index (Phi) is 2.80. The minimum absolute atomic E-state index is 0.00190. The second-order valence-electron chi connectivity index (χ2n) is 4.63. The molecule has 1 rings (SSSR count). The first-order valence-corrected chi connectivity index (χ1v) is 4.59. The van der Waals surface area contributed by atoms with Crippen LogP contribution in [-0.2, 0) is 9.59 Å². The average Bonchev–Trinajstić information content (AvgIpc) is 2.01. The van der Waals surface area contributed by atoms with Gasteiger partial charge in [0.2, 0.25) is 5.91 Å². The van der Waals surface area contributed by atoms with Crippen LogP contribution in [0.4, 0.5) is 0 Å². The monoisotopic (exact) mass is 200 g/mol. The van der Waals surface area contributed by atoms with E-state index in [0.29, 0.717) is 0 Å². The average molecular weight is 200 g/mol. The van der Waals surface area contributed by atoms with E-state index in [1.54, 1.807) is 0 Å². The van der Waals surface area contributed by atoms with Crippen molar-refractivity contribution in [1.82, 2.24) is 10.6 Å². The predicted octanol–water partition coefficient (Wildman–Crippen LogP) is -0.0787. The van der Waals surface area contributed by atoms with Crippen molar-refractivity contribution in [2.75, 3.05) is 0 Å². The van der Waals surface area contributed by atoms with Crippen LogP contribution in [0.3, 0.4) is 0 Å². The van der Waals surface area contributed by atoms with E-state index in [0.717, 1.165) is 0 Å². The van der Waals surface area contributed by atoms with E-state index >= 15 is 0 Å². The molecule has 3 N–H and O–H groups in total. The van der Waals surface area contributed by atoms with Crippen molar-refractivity contribution < 1.29 is 14.7 Å². The van der Waals surface area contributed by atoms with Crippen molar-refractivity contribution in [3.8, 4) is 0 Å². The van der Waals surface area contributed by atoms with Crippen LogP contribution in [0.5, 0.6) is 0 Å². The number of amides is 1. The lowest BCUT2D eigenvalue weighted by molar-refractivity contribution is -0.144. The number of carboxylic acid groups (broad SMARTS) is 1. The number of aliphatic carboxylic acids is 1. The molecule has 2 atom stereocenters. The Morgan fingerprint density at radius 3 is 2.50 bits per heavy atom. The summed E-state index contributed by atoms with van der Waals surface area (Å²) >= 11 is 0. The minimum Gasteiger partial charge on any atom is -0.480 e. The minimum atomic E-state index is -0.978. The highest BCUT2D eigenvalue weighted by atomic mass is 16.4. The molecule has 0 aromatic rings. The van der Waals surface area contributed by atoms with Gasteiger partial charge >= 0.3 is 5.97 Å².